The summed E-state index contributed by atoms with van der Waals surface area (Å²) in [5, 5.41) is 5.22. The van der Waals surface area contributed by atoms with Crippen molar-refractivity contribution in [3.8, 4) is 11.4 Å². The SMILES string of the molecule is Cc1c(-c2noc(C(C)(C)N)n2)c2ccccc2n1C. The Balaban J connectivity index is 2.25. The van der Waals surface area contributed by atoms with Crippen LogP contribution in [0.4, 0.5) is 0 Å². The van der Waals surface area contributed by atoms with Crippen LogP contribution >= 0.6 is 0 Å². The molecule has 0 radical (unpaired) electrons. The van der Waals surface area contributed by atoms with Crippen molar-refractivity contribution in [3.63, 3.8) is 0 Å². The van der Waals surface area contributed by atoms with Crippen LogP contribution in [0.25, 0.3) is 22.3 Å². The summed E-state index contributed by atoms with van der Waals surface area (Å²) in [6, 6.07) is 8.19. The second-order valence-corrected chi connectivity index (χ2v) is 5.68. The highest BCUT2D eigenvalue weighted by atomic mass is 16.5. The van der Waals surface area contributed by atoms with Crippen LogP contribution in [0.5, 0.6) is 0 Å². The van der Waals surface area contributed by atoms with E-state index >= 15 is 0 Å². The number of aryl methyl sites for hydroxylation is 1. The van der Waals surface area contributed by atoms with Crippen molar-refractivity contribution in [2.45, 2.75) is 26.3 Å². The summed E-state index contributed by atoms with van der Waals surface area (Å²) in [4.78, 5) is 4.46. The van der Waals surface area contributed by atoms with Gasteiger partial charge in [-0.1, -0.05) is 23.4 Å². The van der Waals surface area contributed by atoms with Crippen molar-refractivity contribution in [3.05, 3.63) is 35.9 Å². The number of nitrogens with zero attached hydrogens (tertiary/aromatic N) is 3. The zero-order valence-electron chi connectivity index (χ0n) is 12.1. The molecule has 3 aromatic rings. The third kappa shape index (κ3) is 1.82. The molecule has 5 heteroatoms. The van der Waals surface area contributed by atoms with Crippen molar-refractivity contribution in [2.24, 2.45) is 12.8 Å². The highest BCUT2D eigenvalue weighted by Crippen LogP contribution is 2.32. The van der Waals surface area contributed by atoms with E-state index in [0.717, 1.165) is 22.2 Å². The highest BCUT2D eigenvalue weighted by Gasteiger charge is 2.25. The van der Waals surface area contributed by atoms with Gasteiger partial charge in [-0.25, -0.2) is 0 Å². The third-order valence-electron chi connectivity index (χ3n) is 3.60. The Labute approximate surface area is 117 Å². The average molecular weight is 270 g/mol. The Bertz CT molecular complexity index is 777. The van der Waals surface area contributed by atoms with Crippen molar-refractivity contribution < 1.29 is 4.52 Å². The second kappa shape index (κ2) is 4.18. The number of hydrogen-bond donors (Lipinski definition) is 1. The first-order valence-corrected chi connectivity index (χ1v) is 6.57. The molecule has 3 rings (SSSR count). The minimum atomic E-state index is -0.635. The lowest BCUT2D eigenvalue weighted by Gasteiger charge is -2.10. The zero-order chi connectivity index (χ0) is 14.5. The normalized spacial score (nSPS) is 12.2. The molecule has 5 nitrogen and oxygen atoms in total. The number of aromatic nitrogens is 3. The van der Waals surface area contributed by atoms with Gasteiger partial charge in [0.2, 0.25) is 11.7 Å². The Kier molecular flexibility index (Phi) is 2.69. The highest BCUT2D eigenvalue weighted by molar-refractivity contribution is 5.96. The van der Waals surface area contributed by atoms with Gasteiger partial charge in [0.15, 0.2) is 0 Å². The summed E-state index contributed by atoms with van der Waals surface area (Å²) < 4.78 is 7.43. The number of fused-ring (bicyclic) bond motifs is 1. The Morgan fingerprint density at radius 2 is 1.95 bits per heavy atom. The molecule has 0 aliphatic rings. The number of hydrogen-bond acceptors (Lipinski definition) is 4. The van der Waals surface area contributed by atoms with Crippen LogP contribution in [0.15, 0.2) is 28.8 Å². The quantitative estimate of drug-likeness (QED) is 0.777. The summed E-state index contributed by atoms with van der Waals surface area (Å²) in [5.41, 5.74) is 8.63. The van der Waals surface area contributed by atoms with Crippen LogP contribution in [0.3, 0.4) is 0 Å². The topological polar surface area (TPSA) is 69.9 Å². The van der Waals surface area contributed by atoms with Gasteiger partial charge in [-0.3, -0.25) is 0 Å². The number of para-hydroxylation sites is 1. The molecule has 0 fully saturated rings. The van der Waals surface area contributed by atoms with E-state index in [9.17, 15) is 0 Å². The number of benzene rings is 1. The number of nitrogens with two attached hydrogens (primary N) is 1. The summed E-state index contributed by atoms with van der Waals surface area (Å²) in [5.74, 6) is 1.03. The fourth-order valence-electron chi connectivity index (χ4n) is 2.39. The standard InChI is InChI=1S/C15H18N4O/c1-9-12(10-7-5-6-8-11(10)19(9)4)13-17-14(20-18-13)15(2,3)16/h5-8H,16H2,1-4H3. The molecule has 0 spiro atoms. The van der Waals surface area contributed by atoms with Gasteiger partial charge >= 0.3 is 0 Å². The van der Waals surface area contributed by atoms with Crippen molar-refractivity contribution in [1.29, 1.82) is 0 Å². The minimum absolute atomic E-state index is 0.444. The maximum atomic E-state index is 6.00. The molecule has 0 aliphatic heterocycles. The molecule has 1 aromatic carbocycles. The van der Waals surface area contributed by atoms with E-state index in [1.54, 1.807) is 0 Å². The fraction of sp³-hybridized carbons (Fsp3) is 0.333. The Morgan fingerprint density at radius 3 is 2.60 bits per heavy atom. The van der Waals surface area contributed by atoms with Crippen molar-refractivity contribution >= 4 is 10.9 Å². The van der Waals surface area contributed by atoms with E-state index in [1.807, 2.05) is 33.0 Å². The maximum absolute atomic E-state index is 6.00. The van der Waals surface area contributed by atoms with Crippen molar-refractivity contribution in [1.82, 2.24) is 14.7 Å². The van der Waals surface area contributed by atoms with Gasteiger partial charge in [0, 0.05) is 23.6 Å². The van der Waals surface area contributed by atoms with Crippen LogP contribution in [0.2, 0.25) is 0 Å². The van der Waals surface area contributed by atoms with Crippen LogP contribution < -0.4 is 5.73 Å². The van der Waals surface area contributed by atoms with E-state index in [1.165, 1.54) is 0 Å². The van der Waals surface area contributed by atoms with Crippen LogP contribution in [0.1, 0.15) is 25.4 Å². The smallest absolute Gasteiger partial charge is 0.246 e. The predicted octanol–water partition coefficient (Wildman–Crippen LogP) is 2.73. The molecule has 2 heterocycles. The molecule has 0 aliphatic carbocycles. The van der Waals surface area contributed by atoms with Gasteiger partial charge in [0.1, 0.15) is 0 Å². The molecule has 0 amide bonds. The van der Waals surface area contributed by atoms with Crippen LogP contribution in [-0.2, 0) is 12.6 Å². The van der Waals surface area contributed by atoms with Gasteiger partial charge in [0.05, 0.1) is 11.1 Å². The van der Waals surface area contributed by atoms with Crippen LogP contribution in [0, 0.1) is 6.92 Å². The summed E-state index contributed by atoms with van der Waals surface area (Å²) in [6.07, 6.45) is 0. The van der Waals surface area contributed by atoms with E-state index in [0.29, 0.717) is 11.7 Å². The summed E-state index contributed by atoms with van der Waals surface area (Å²) in [6.45, 7) is 5.75. The van der Waals surface area contributed by atoms with Gasteiger partial charge < -0.3 is 14.8 Å². The average Bonchev–Trinajstić information content (AvgIpc) is 2.95. The molecule has 0 saturated carbocycles. The van der Waals surface area contributed by atoms with Gasteiger partial charge in [-0.05, 0) is 26.8 Å². The van der Waals surface area contributed by atoms with E-state index in [4.69, 9.17) is 10.3 Å². The van der Waals surface area contributed by atoms with E-state index < -0.39 is 5.54 Å². The molecule has 2 aromatic heterocycles. The van der Waals surface area contributed by atoms with E-state index in [-0.39, 0.29) is 0 Å². The summed E-state index contributed by atoms with van der Waals surface area (Å²) in [7, 11) is 2.04. The largest absolute Gasteiger partial charge is 0.347 e. The molecule has 0 bridgehead atoms. The number of rotatable bonds is 2. The molecule has 0 unspecified atom stereocenters. The molecule has 104 valence electrons. The van der Waals surface area contributed by atoms with Crippen LogP contribution in [-0.4, -0.2) is 14.7 Å². The molecule has 0 atom stereocenters. The lowest BCUT2D eigenvalue weighted by atomic mass is 10.1. The lowest BCUT2D eigenvalue weighted by molar-refractivity contribution is 0.312. The fourth-order valence-corrected chi connectivity index (χ4v) is 2.39. The Hall–Kier alpha value is -2.14. The first-order valence-electron chi connectivity index (χ1n) is 6.57. The predicted molar refractivity (Wildman–Crippen MR) is 78.2 cm³/mol. The maximum Gasteiger partial charge on any atom is 0.246 e. The summed E-state index contributed by atoms with van der Waals surface area (Å²) >= 11 is 0. The first kappa shape index (κ1) is 12.9. The molecule has 2 N–H and O–H groups in total. The van der Waals surface area contributed by atoms with Gasteiger partial charge in [0.25, 0.3) is 0 Å². The third-order valence-corrected chi connectivity index (χ3v) is 3.60. The molecular formula is C15H18N4O. The van der Waals surface area contributed by atoms with E-state index in [2.05, 4.69) is 33.8 Å². The van der Waals surface area contributed by atoms with Gasteiger partial charge in [-0.15, -0.1) is 0 Å². The van der Waals surface area contributed by atoms with Crippen molar-refractivity contribution in [2.75, 3.05) is 0 Å². The molecular weight excluding hydrogens is 252 g/mol. The Morgan fingerprint density at radius 1 is 1.25 bits per heavy atom. The lowest BCUT2D eigenvalue weighted by Crippen LogP contribution is -2.28. The second-order valence-electron chi connectivity index (χ2n) is 5.68. The zero-order valence-corrected chi connectivity index (χ0v) is 12.1. The minimum Gasteiger partial charge on any atom is -0.347 e. The van der Waals surface area contributed by atoms with Gasteiger partial charge in [-0.2, -0.15) is 4.98 Å². The monoisotopic (exact) mass is 270 g/mol. The molecule has 20 heavy (non-hydrogen) atoms. The molecule has 0 saturated heterocycles. The first-order chi connectivity index (χ1) is 9.39.